The summed E-state index contributed by atoms with van der Waals surface area (Å²) in [5.74, 6) is 1.16. The minimum atomic E-state index is -0.256. The summed E-state index contributed by atoms with van der Waals surface area (Å²) in [5.41, 5.74) is 4.14. The zero-order valence-electron chi connectivity index (χ0n) is 15.2. The minimum Gasteiger partial charge on any atom is -0.497 e. The number of carbonyl (C=O) groups is 1. The maximum absolute atomic E-state index is 12.0. The van der Waals surface area contributed by atoms with Gasteiger partial charge in [-0.2, -0.15) is 5.10 Å². The summed E-state index contributed by atoms with van der Waals surface area (Å²) in [4.78, 5) is 12.0. The molecule has 0 spiro atoms. The number of fused-ring (bicyclic) bond motifs is 1. The lowest BCUT2D eigenvalue weighted by Gasteiger charge is -2.09. The lowest BCUT2D eigenvalue weighted by molar-refractivity contribution is -0.119. The predicted octanol–water partition coefficient (Wildman–Crippen LogP) is 3.42. The van der Waals surface area contributed by atoms with Crippen LogP contribution in [0.4, 0.5) is 5.69 Å². The summed E-state index contributed by atoms with van der Waals surface area (Å²) in [6.07, 6.45) is 1.60. The summed E-state index contributed by atoms with van der Waals surface area (Å²) in [7, 11) is 3.21. The molecule has 0 aliphatic heterocycles. The molecule has 27 heavy (non-hydrogen) atoms. The molecule has 0 heterocycles. The van der Waals surface area contributed by atoms with E-state index in [9.17, 15) is 4.79 Å². The first-order chi connectivity index (χ1) is 13.2. The average Bonchev–Trinajstić information content (AvgIpc) is 2.72. The first-order valence-electron chi connectivity index (χ1n) is 8.47. The van der Waals surface area contributed by atoms with Gasteiger partial charge in [0.15, 0.2) is 0 Å². The van der Waals surface area contributed by atoms with Crippen LogP contribution in [0.25, 0.3) is 10.8 Å². The van der Waals surface area contributed by atoms with E-state index in [4.69, 9.17) is 9.47 Å². The van der Waals surface area contributed by atoms with E-state index in [2.05, 4.69) is 15.8 Å². The van der Waals surface area contributed by atoms with Crippen molar-refractivity contribution in [3.05, 3.63) is 66.2 Å². The van der Waals surface area contributed by atoms with Crippen LogP contribution in [0.1, 0.15) is 5.56 Å². The Kier molecular flexibility index (Phi) is 5.89. The van der Waals surface area contributed by atoms with Gasteiger partial charge in [-0.3, -0.25) is 4.79 Å². The molecule has 0 unspecified atom stereocenters. The molecular weight excluding hydrogens is 342 g/mol. The van der Waals surface area contributed by atoms with Crippen molar-refractivity contribution >= 4 is 28.6 Å². The zero-order valence-corrected chi connectivity index (χ0v) is 15.2. The van der Waals surface area contributed by atoms with Crippen molar-refractivity contribution in [1.29, 1.82) is 0 Å². The number of methoxy groups -OCH3 is 2. The van der Waals surface area contributed by atoms with Gasteiger partial charge in [0, 0.05) is 17.3 Å². The Balaban J connectivity index is 1.65. The Morgan fingerprint density at radius 2 is 1.89 bits per heavy atom. The topological polar surface area (TPSA) is 72.0 Å². The number of amides is 1. The van der Waals surface area contributed by atoms with E-state index in [1.165, 1.54) is 0 Å². The zero-order chi connectivity index (χ0) is 19.1. The highest BCUT2D eigenvalue weighted by molar-refractivity contribution is 6.02. The summed E-state index contributed by atoms with van der Waals surface area (Å²) in [5, 5.41) is 9.19. The fraction of sp³-hybridized carbons (Fsp3) is 0.143. The van der Waals surface area contributed by atoms with Crippen LogP contribution >= 0.6 is 0 Å². The summed E-state index contributed by atoms with van der Waals surface area (Å²) >= 11 is 0. The molecular formula is C21H21N3O3. The second-order valence-electron chi connectivity index (χ2n) is 5.78. The third-order valence-electron chi connectivity index (χ3n) is 4.06. The second-order valence-corrected chi connectivity index (χ2v) is 5.78. The molecule has 3 rings (SSSR count). The van der Waals surface area contributed by atoms with Crippen molar-refractivity contribution in [3.63, 3.8) is 0 Å². The average molecular weight is 363 g/mol. The summed E-state index contributed by atoms with van der Waals surface area (Å²) in [6.45, 7) is 0.0944. The molecule has 6 heteroatoms. The molecule has 3 aromatic carbocycles. The highest BCUT2D eigenvalue weighted by Crippen LogP contribution is 2.26. The Morgan fingerprint density at radius 3 is 2.70 bits per heavy atom. The molecule has 0 aromatic heterocycles. The molecule has 138 valence electrons. The lowest BCUT2D eigenvalue weighted by atomic mass is 10.0. The molecule has 0 bridgehead atoms. The van der Waals surface area contributed by atoms with Crippen LogP contribution in [0.5, 0.6) is 11.5 Å². The molecule has 0 saturated heterocycles. The van der Waals surface area contributed by atoms with E-state index < -0.39 is 0 Å². The fourth-order valence-electron chi connectivity index (χ4n) is 2.71. The van der Waals surface area contributed by atoms with E-state index in [-0.39, 0.29) is 12.5 Å². The van der Waals surface area contributed by atoms with Crippen LogP contribution in [0, 0.1) is 0 Å². The molecule has 0 atom stereocenters. The summed E-state index contributed by atoms with van der Waals surface area (Å²) < 4.78 is 10.6. The quantitative estimate of drug-likeness (QED) is 0.498. The predicted molar refractivity (Wildman–Crippen MR) is 108 cm³/mol. The van der Waals surface area contributed by atoms with E-state index in [1.54, 1.807) is 20.4 Å². The van der Waals surface area contributed by atoms with Crippen LogP contribution in [0.3, 0.4) is 0 Å². The molecule has 0 radical (unpaired) electrons. The van der Waals surface area contributed by atoms with Crippen LogP contribution in [-0.2, 0) is 4.79 Å². The molecule has 6 nitrogen and oxygen atoms in total. The lowest BCUT2D eigenvalue weighted by Crippen LogP contribution is -2.25. The van der Waals surface area contributed by atoms with E-state index in [0.717, 1.165) is 27.8 Å². The van der Waals surface area contributed by atoms with Crippen LogP contribution < -0.4 is 20.2 Å². The Labute approximate surface area is 157 Å². The van der Waals surface area contributed by atoms with Gasteiger partial charge in [0.25, 0.3) is 5.91 Å². The van der Waals surface area contributed by atoms with E-state index >= 15 is 0 Å². The highest BCUT2D eigenvalue weighted by atomic mass is 16.5. The SMILES string of the molecule is COc1cccc(NCC(=O)N/N=C\c2c(OC)ccc3ccccc23)c1. The second kappa shape index (κ2) is 8.71. The van der Waals surface area contributed by atoms with Crippen LogP contribution in [0.15, 0.2) is 65.8 Å². The van der Waals surface area contributed by atoms with Crippen molar-refractivity contribution in [2.75, 3.05) is 26.1 Å². The third kappa shape index (κ3) is 4.55. The number of anilines is 1. The monoisotopic (exact) mass is 363 g/mol. The van der Waals surface area contributed by atoms with Crippen LogP contribution in [0.2, 0.25) is 0 Å². The highest BCUT2D eigenvalue weighted by Gasteiger charge is 2.06. The minimum absolute atomic E-state index is 0.0944. The third-order valence-corrected chi connectivity index (χ3v) is 4.06. The Bertz CT molecular complexity index is 970. The fourth-order valence-corrected chi connectivity index (χ4v) is 2.71. The van der Waals surface area contributed by atoms with Gasteiger partial charge in [0.2, 0.25) is 0 Å². The van der Waals surface area contributed by atoms with E-state index in [0.29, 0.717) is 5.75 Å². The van der Waals surface area contributed by atoms with E-state index in [1.807, 2.05) is 60.7 Å². The number of nitrogens with zero attached hydrogens (tertiary/aromatic N) is 1. The van der Waals surface area contributed by atoms with Gasteiger partial charge in [-0.25, -0.2) is 5.43 Å². The van der Waals surface area contributed by atoms with Gasteiger partial charge in [-0.1, -0.05) is 36.4 Å². The Hall–Kier alpha value is -3.54. The van der Waals surface area contributed by atoms with Gasteiger partial charge >= 0.3 is 0 Å². The normalized spacial score (nSPS) is 10.7. The van der Waals surface area contributed by atoms with Crippen LogP contribution in [-0.4, -0.2) is 32.9 Å². The molecule has 2 N–H and O–H groups in total. The maximum atomic E-state index is 12.0. The van der Waals surface area contributed by atoms with Gasteiger partial charge in [-0.15, -0.1) is 0 Å². The number of ether oxygens (including phenoxy) is 2. The standard InChI is InChI=1S/C21H21N3O3/c1-26-17-8-5-7-16(12-17)22-14-21(25)24-23-13-19-18-9-4-3-6-15(18)10-11-20(19)27-2/h3-13,22H,14H2,1-2H3,(H,24,25)/b23-13-. The van der Waals surface area contributed by atoms with Gasteiger partial charge < -0.3 is 14.8 Å². The van der Waals surface area contributed by atoms with Crippen molar-refractivity contribution in [2.24, 2.45) is 5.10 Å². The summed E-state index contributed by atoms with van der Waals surface area (Å²) in [6, 6.07) is 19.2. The molecule has 0 fully saturated rings. The van der Waals surface area contributed by atoms with Gasteiger partial charge in [0.05, 0.1) is 27.0 Å². The van der Waals surface area contributed by atoms with Crippen molar-refractivity contribution in [2.45, 2.75) is 0 Å². The van der Waals surface area contributed by atoms with Gasteiger partial charge in [-0.05, 0) is 29.0 Å². The number of nitrogens with one attached hydrogen (secondary N) is 2. The largest absolute Gasteiger partial charge is 0.497 e. The van der Waals surface area contributed by atoms with Crippen molar-refractivity contribution < 1.29 is 14.3 Å². The molecule has 3 aromatic rings. The Morgan fingerprint density at radius 1 is 1.04 bits per heavy atom. The number of hydrogen-bond acceptors (Lipinski definition) is 5. The molecule has 0 aliphatic carbocycles. The van der Waals surface area contributed by atoms with Crippen molar-refractivity contribution in [3.8, 4) is 11.5 Å². The number of hydrazone groups is 1. The molecule has 0 aliphatic rings. The maximum Gasteiger partial charge on any atom is 0.259 e. The smallest absolute Gasteiger partial charge is 0.259 e. The molecule has 1 amide bonds. The van der Waals surface area contributed by atoms with Gasteiger partial charge in [0.1, 0.15) is 11.5 Å². The first-order valence-corrected chi connectivity index (χ1v) is 8.47. The van der Waals surface area contributed by atoms with Crippen molar-refractivity contribution in [1.82, 2.24) is 5.43 Å². The number of hydrogen-bond donors (Lipinski definition) is 2. The number of rotatable bonds is 7. The number of carbonyl (C=O) groups excluding carboxylic acids is 1. The first kappa shape index (κ1) is 18.3. The number of benzene rings is 3. The molecule has 0 saturated carbocycles.